The summed E-state index contributed by atoms with van der Waals surface area (Å²) in [5.74, 6) is 0.231. The lowest BCUT2D eigenvalue weighted by atomic mass is 10.0. The van der Waals surface area contributed by atoms with Gasteiger partial charge in [-0.05, 0) is 43.5 Å². The van der Waals surface area contributed by atoms with E-state index in [1.54, 1.807) is 0 Å². The van der Waals surface area contributed by atoms with E-state index < -0.39 is 0 Å². The monoisotopic (exact) mass is 280 g/mol. The van der Waals surface area contributed by atoms with Crippen LogP contribution in [0.2, 0.25) is 5.02 Å². The fraction of sp³-hybridized carbons (Fsp3) is 0.533. The molecule has 2 rings (SSSR count). The van der Waals surface area contributed by atoms with Crippen molar-refractivity contribution in [1.29, 1.82) is 0 Å². The van der Waals surface area contributed by atoms with Crippen molar-refractivity contribution in [2.45, 2.75) is 38.8 Å². The molecule has 4 heteroatoms. The molecule has 1 aromatic rings. The first-order chi connectivity index (χ1) is 9.20. The lowest BCUT2D eigenvalue weighted by Crippen LogP contribution is -2.50. The zero-order valence-corrected chi connectivity index (χ0v) is 12.1. The van der Waals surface area contributed by atoms with E-state index in [1.807, 2.05) is 29.2 Å². The van der Waals surface area contributed by atoms with Gasteiger partial charge in [0.05, 0.1) is 6.04 Å². The molecule has 0 saturated carbocycles. The molecule has 1 unspecified atom stereocenters. The first-order valence-electron chi connectivity index (χ1n) is 6.97. The van der Waals surface area contributed by atoms with E-state index in [0.717, 1.165) is 42.9 Å². The van der Waals surface area contributed by atoms with Crippen LogP contribution in [0.4, 0.5) is 0 Å². The molecule has 1 aliphatic rings. The highest BCUT2D eigenvalue weighted by Gasteiger charge is 2.27. The van der Waals surface area contributed by atoms with Crippen molar-refractivity contribution < 1.29 is 4.79 Å². The van der Waals surface area contributed by atoms with Crippen molar-refractivity contribution >= 4 is 17.5 Å². The average Bonchev–Trinajstić information content (AvgIpc) is 2.42. The highest BCUT2D eigenvalue weighted by Crippen LogP contribution is 2.16. The number of benzene rings is 1. The highest BCUT2D eigenvalue weighted by atomic mass is 35.5. The number of carbonyl (C=O) groups is 1. The van der Waals surface area contributed by atoms with Gasteiger partial charge in [-0.3, -0.25) is 4.79 Å². The third kappa shape index (κ3) is 3.95. The van der Waals surface area contributed by atoms with Crippen LogP contribution in [0, 0.1) is 0 Å². The number of likely N-dealkylation sites (tertiary alicyclic amines) is 1. The summed E-state index contributed by atoms with van der Waals surface area (Å²) in [6, 6.07) is 7.72. The van der Waals surface area contributed by atoms with Crippen LogP contribution in [0.3, 0.4) is 0 Å². The summed E-state index contributed by atoms with van der Waals surface area (Å²) in [5.41, 5.74) is 1.13. The summed E-state index contributed by atoms with van der Waals surface area (Å²) in [7, 11) is 0. The van der Waals surface area contributed by atoms with Gasteiger partial charge in [0.25, 0.3) is 0 Å². The van der Waals surface area contributed by atoms with Crippen LogP contribution in [0.5, 0.6) is 0 Å². The van der Waals surface area contributed by atoms with Gasteiger partial charge in [0, 0.05) is 18.1 Å². The minimum atomic E-state index is 0.000926. The Morgan fingerprint density at radius 1 is 1.37 bits per heavy atom. The Balaban J connectivity index is 1.95. The number of carbonyl (C=O) groups excluding carboxylic acids is 1. The molecule has 1 atom stereocenters. The molecule has 1 N–H and O–H groups in total. The van der Waals surface area contributed by atoms with Crippen molar-refractivity contribution in [2.75, 3.05) is 13.1 Å². The van der Waals surface area contributed by atoms with E-state index in [0.29, 0.717) is 6.54 Å². The van der Waals surface area contributed by atoms with Crippen LogP contribution >= 0.6 is 11.6 Å². The SMILES string of the molecule is CCCNC1CCCN(Cc2ccc(Cl)cc2)C1=O. The lowest BCUT2D eigenvalue weighted by Gasteiger charge is -2.32. The van der Waals surface area contributed by atoms with Crippen molar-refractivity contribution in [2.24, 2.45) is 0 Å². The Kier molecular flexibility index (Phi) is 5.23. The predicted octanol–water partition coefficient (Wildman–Crippen LogP) is 2.83. The third-order valence-corrected chi connectivity index (χ3v) is 3.71. The zero-order valence-electron chi connectivity index (χ0n) is 11.4. The summed E-state index contributed by atoms with van der Waals surface area (Å²) in [4.78, 5) is 14.3. The fourth-order valence-electron chi connectivity index (χ4n) is 2.42. The smallest absolute Gasteiger partial charge is 0.240 e. The standard InChI is InChI=1S/C15H21ClN2O/c1-2-9-17-14-4-3-10-18(15(14)19)11-12-5-7-13(16)8-6-12/h5-8,14,17H,2-4,9-11H2,1H3. The maximum Gasteiger partial charge on any atom is 0.240 e. The number of rotatable bonds is 5. The quantitative estimate of drug-likeness (QED) is 0.899. The van der Waals surface area contributed by atoms with Crippen molar-refractivity contribution in [3.8, 4) is 0 Å². The first kappa shape index (κ1) is 14.4. The number of hydrogen-bond acceptors (Lipinski definition) is 2. The Morgan fingerprint density at radius 2 is 2.11 bits per heavy atom. The van der Waals surface area contributed by atoms with Gasteiger partial charge >= 0.3 is 0 Å². The summed E-state index contributed by atoms with van der Waals surface area (Å²) >= 11 is 5.87. The van der Waals surface area contributed by atoms with E-state index in [-0.39, 0.29) is 11.9 Å². The Labute approximate surface area is 119 Å². The second kappa shape index (κ2) is 6.92. The van der Waals surface area contributed by atoms with Gasteiger partial charge in [0.15, 0.2) is 0 Å². The number of nitrogens with zero attached hydrogens (tertiary/aromatic N) is 1. The first-order valence-corrected chi connectivity index (χ1v) is 7.35. The third-order valence-electron chi connectivity index (χ3n) is 3.46. The number of piperidine rings is 1. The number of halogens is 1. The second-order valence-corrected chi connectivity index (χ2v) is 5.47. The second-order valence-electron chi connectivity index (χ2n) is 5.04. The zero-order chi connectivity index (χ0) is 13.7. The largest absolute Gasteiger partial charge is 0.337 e. The summed E-state index contributed by atoms with van der Waals surface area (Å²) in [6.45, 7) is 4.56. The van der Waals surface area contributed by atoms with Gasteiger partial charge in [-0.1, -0.05) is 30.7 Å². The molecule has 1 aromatic carbocycles. The van der Waals surface area contributed by atoms with Gasteiger partial charge in [-0.25, -0.2) is 0 Å². The fourth-order valence-corrected chi connectivity index (χ4v) is 2.54. The number of hydrogen-bond donors (Lipinski definition) is 1. The Hall–Kier alpha value is -1.06. The van der Waals surface area contributed by atoms with E-state index in [2.05, 4.69) is 12.2 Å². The Morgan fingerprint density at radius 3 is 2.79 bits per heavy atom. The van der Waals surface area contributed by atoms with E-state index in [1.165, 1.54) is 0 Å². The van der Waals surface area contributed by atoms with Crippen LogP contribution in [0.25, 0.3) is 0 Å². The van der Waals surface area contributed by atoms with Crippen LogP contribution in [0.1, 0.15) is 31.7 Å². The maximum atomic E-state index is 12.3. The lowest BCUT2D eigenvalue weighted by molar-refractivity contribution is -0.136. The predicted molar refractivity (Wildman–Crippen MR) is 78.2 cm³/mol. The average molecular weight is 281 g/mol. The molecule has 19 heavy (non-hydrogen) atoms. The molecule has 0 aliphatic carbocycles. The molecule has 1 aliphatic heterocycles. The van der Waals surface area contributed by atoms with Gasteiger partial charge in [-0.2, -0.15) is 0 Å². The molecule has 104 valence electrons. The van der Waals surface area contributed by atoms with Gasteiger partial charge in [0.2, 0.25) is 5.91 Å². The van der Waals surface area contributed by atoms with Crippen molar-refractivity contribution in [3.63, 3.8) is 0 Å². The van der Waals surface area contributed by atoms with Crippen LogP contribution in [-0.4, -0.2) is 29.9 Å². The molecule has 3 nitrogen and oxygen atoms in total. The van der Waals surface area contributed by atoms with Crippen molar-refractivity contribution in [1.82, 2.24) is 10.2 Å². The number of amides is 1. The normalized spacial score (nSPS) is 19.8. The molecule has 0 radical (unpaired) electrons. The minimum Gasteiger partial charge on any atom is -0.337 e. The molecule has 1 saturated heterocycles. The number of nitrogens with one attached hydrogen (secondary N) is 1. The molecule has 0 bridgehead atoms. The topological polar surface area (TPSA) is 32.3 Å². The van der Waals surface area contributed by atoms with Crippen molar-refractivity contribution in [3.05, 3.63) is 34.9 Å². The molecule has 0 aromatic heterocycles. The maximum absolute atomic E-state index is 12.3. The van der Waals surface area contributed by atoms with E-state index in [4.69, 9.17) is 11.6 Å². The summed E-state index contributed by atoms with van der Waals surface area (Å²) < 4.78 is 0. The Bertz CT molecular complexity index is 419. The van der Waals surface area contributed by atoms with Crippen LogP contribution in [0.15, 0.2) is 24.3 Å². The van der Waals surface area contributed by atoms with Gasteiger partial charge in [-0.15, -0.1) is 0 Å². The van der Waals surface area contributed by atoms with Crippen LogP contribution in [-0.2, 0) is 11.3 Å². The van der Waals surface area contributed by atoms with Gasteiger partial charge < -0.3 is 10.2 Å². The van der Waals surface area contributed by atoms with Crippen LogP contribution < -0.4 is 5.32 Å². The molecule has 1 fully saturated rings. The molecule has 0 spiro atoms. The molecule has 1 amide bonds. The molecular formula is C15H21ClN2O. The minimum absolute atomic E-state index is 0.000926. The summed E-state index contributed by atoms with van der Waals surface area (Å²) in [5, 5.41) is 4.07. The summed E-state index contributed by atoms with van der Waals surface area (Å²) in [6.07, 6.45) is 3.08. The van der Waals surface area contributed by atoms with E-state index >= 15 is 0 Å². The highest BCUT2D eigenvalue weighted by molar-refractivity contribution is 6.30. The molecular weight excluding hydrogens is 260 g/mol. The molecule has 1 heterocycles. The van der Waals surface area contributed by atoms with E-state index in [9.17, 15) is 4.79 Å². The van der Waals surface area contributed by atoms with Gasteiger partial charge in [0.1, 0.15) is 0 Å².